The van der Waals surface area contributed by atoms with Crippen LogP contribution in [0.3, 0.4) is 0 Å². The average molecular weight is 268 g/mol. The Morgan fingerprint density at radius 2 is 2.25 bits per heavy atom. The third kappa shape index (κ3) is 2.42. The molecule has 0 atom stereocenters. The second-order valence-electron chi connectivity index (χ2n) is 4.73. The summed E-state index contributed by atoms with van der Waals surface area (Å²) >= 11 is 0. The SMILES string of the molecule is Cn1ccc(CCNC(=O)c2cccc3[nH]ccc23)n1. The van der Waals surface area contributed by atoms with Crippen molar-refractivity contribution in [2.45, 2.75) is 6.42 Å². The number of carbonyl (C=O) groups excluding carboxylic acids is 1. The Balaban J connectivity index is 1.66. The fraction of sp³-hybridized carbons (Fsp3) is 0.200. The highest BCUT2D eigenvalue weighted by Crippen LogP contribution is 2.17. The maximum atomic E-state index is 12.2. The molecule has 0 saturated carbocycles. The summed E-state index contributed by atoms with van der Waals surface area (Å²) in [7, 11) is 1.88. The Labute approximate surface area is 116 Å². The predicted molar refractivity (Wildman–Crippen MR) is 77.5 cm³/mol. The summed E-state index contributed by atoms with van der Waals surface area (Å²) in [6.45, 7) is 0.580. The van der Waals surface area contributed by atoms with Crippen molar-refractivity contribution >= 4 is 16.8 Å². The highest BCUT2D eigenvalue weighted by molar-refractivity contribution is 6.06. The van der Waals surface area contributed by atoms with Crippen molar-refractivity contribution in [2.75, 3.05) is 6.54 Å². The van der Waals surface area contributed by atoms with Crippen molar-refractivity contribution in [3.05, 3.63) is 54.0 Å². The number of nitrogens with zero attached hydrogens (tertiary/aromatic N) is 2. The minimum Gasteiger partial charge on any atom is -0.361 e. The van der Waals surface area contributed by atoms with Crippen molar-refractivity contribution in [3.63, 3.8) is 0 Å². The number of nitrogens with one attached hydrogen (secondary N) is 2. The molecule has 0 spiro atoms. The van der Waals surface area contributed by atoms with E-state index in [1.54, 1.807) is 4.68 Å². The van der Waals surface area contributed by atoms with E-state index in [0.29, 0.717) is 12.1 Å². The summed E-state index contributed by atoms with van der Waals surface area (Å²) in [6.07, 6.45) is 4.47. The van der Waals surface area contributed by atoms with E-state index in [0.717, 1.165) is 23.0 Å². The standard InChI is InChI=1S/C15H16N4O/c1-19-10-7-11(18-19)5-8-17-15(20)13-3-2-4-14-12(13)6-9-16-14/h2-4,6-7,9-10,16H,5,8H2,1H3,(H,17,20). The molecule has 20 heavy (non-hydrogen) atoms. The van der Waals surface area contributed by atoms with E-state index in [-0.39, 0.29) is 5.91 Å². The van der Waals surface area contributed by atoms with Gasteiger partial charge in [-0.25, -0.2) is 0 Å². The van der Waals surface area contributed by atoms with Gasteiger partial charge in [-0.3, -0.25) is 9.48 Å². The van der Waals surface area contributed by atoms with Gasteiger partial charge in [-0.05, 0) is 24.3 Å². The number of benzene rings is 1. The second kappa shape index (κ2) is 5.21. The fourth-order valence-corrected chi connectivity index (χ4v) is 2.28. The third-order valence-corrected chi connectivity index (χ3v) is 3.28. The molecule has 2 heterocycles. The molecule has 1 amide bonds. The number of aromatic amines is 1. The normalized spacial score (nSPS) is 10.8. The lowest BCUT2D eigenvalue weighted by Gasteiger charge is -2.05. The van der Waals surface area contributed by atoms with Gasteiger partial charge in [-0.15, -0.1) is 0 Å². The Morgan fingerprint density at radius 1 is 1.35 bits per heavy atom. The van der Waals surface area contributed by atoms with Crippen molar-refractivity contribution in [1.29, 1.82) is 0 Å². The van der Waals surface area contributed by atoms with Crippen LogP contribution in [0.2, 0.25) is 0 Å². The second-order valence-corrected chi connectivity index (χ2v) is 4.73. The van der Waals surface area contributed by atoms with Gasteiger partial charge in [0.15, 0.2) is 0 Å². The summed E-state index contributed by atoms with van der Waals surface area (Å²) in [5, 5.41) is 8.17. The van der Waals surface area contributed by atoms with E-state index in [9.17, 15) is 4.79 Å². The molecule has 0 fully saturated rings. The highest BCUT2D eigenvalue weighted by atomic mass is 16.1. The average Bonchev–Trinajstić information content (AvgIpc) is 3.06. The summed E-state index contributed by atoms with van der Waals surface area (Å²) in [5.74, 6) is -0.0499. The maximum absolute atomic E-state index is 12.2. The maximum Gasteiger partial charge on any atom is 0.251 e. The molecule has 0 saturated heterocycles. The van der Waals surface area contributed by atoms with Crippen LogP contribution < -0.4 is 5.32 Å². The molecule has 5 nitrogen and oxygen atoms in total. The third-order valence-electron chi connectivity index (χ3n) is 3.28. The van der Waals surface area contributed by atoms with Crippen LogP contribution >= 0.6 is 0 Å². The Bertz CT molecular complexity index is 741. The van der Waals surface area contributed by atoms with Gasteiger partial charge in [0.05, 0.1) is 5.69 Å². The van der Waals surface area contributed by atoms with Gasteiger partial charge in [-0.1, -0.05) is 6.07 Å². The summed E-state index contributed by atoms with van der Waals surface area (Å²) in [5.41, 5.74) is 2.65. The van der Waals surface area contributed by atoms with Gasteiger partial charge < -0.3 is 10.3 Å². The lowest BCUT2D eigenvalue weighted by molar-refractivity contribution is 0.0955. The first-order valence-corrected chi connectivity index (χ1v) is 6.57. The number of hydrogen-bond acceptors (Lipinski definition) is 2. The quantitative estimate of drug-likeness (QED) is 0.759. The Kier molecular flexibility index (Phi) is 3.25. The fourth-order valence-electron chi connectivity index (χ4n) is 2.28. The smallest absolute Gasteiger partial charge is 0.251 e. The zero-order valence-electron chi connectivity index (χ0n) is 11.3. The van der Waals surface area contributed by atoms with Gasteiger partial charge in [0.25, 0.3) is 5.91 Å². The highest BCUT2D eigenvalue weighted by Gasteiger charge is 2.09. The van der Waals surface area contributed by atoms with E-state index in [1.807, 2.05) is 49.8 Å². The zero-order valence-corrected chi connectivity index (χ0v) is 11.3. The Hall–Kier alpha value is -2.56. The van der Waals surface area contributed by atoms with Crippen LogP contribution in [-0.4, -0.2) is 27.2 Å². The first-order chi connectivity index (χ1) is 9.74. The first kappa shape index (κ1) is 12.5. The molecular weight excluding hydrogens is 252 g/mol. The largest absolute Gasteiger partial charge is 0.361 e. The molecule has 0 bridgehead atoms. The van der Waals surface area contributed by atoms with Crippen LogP contribution in [-0.2, 0) is 13.5 Å². The lowest BCUT2D eigenvalue weighted by atomic mass is 10.1. The van der Waals surface area contributed by atoms with E-state index in [1.165, 1.54) is 0 Å². The van der Waals surface area contributed by atoms with E-state index < -0.39 is 0 Å². The predicted octanol–water partition coefficient (Wildman–Crippen LogP) is 1.87. The number of aryl methyl sites for hydroxylation is 1. The Morgan fingerprint density at radius 3 is 3.05 bits per heavy atom. The number of aromatic nitrogens is 3. The number of hydrogen-bond donors (Lipinski definition) is 2. The molecule has 2 aromatic heterocycles. The van der Waals surface area contributed by atoms with Gasteiger partial charge in [0.1, 0.15) is 0 Å². The van der Waals surface area contributed by atoms with E-state index in [4.69, 9.17) is 0 Å². The minimum absolute atomic E-state index is 0.0499. The van der Waals surface area contributed by atoms with Crippen LogP contribution in [0.5, 0.6) is 0 Å². The molecule has 3 rings (SSSR count). The minimum atomic E-state index is -0.0499. The molecule has 0 aliphatic carbocycles. The van der Waals surface area contributed by atoms with Gasteiger partial charge >= 0.3 is 0 Å². The van der Waals surface area contributed by atoms with E-state index in [2.05, 4.69) is 15.4 Å². The molecule has 0 aliphatic heterocycles. The summed E-state index contributed by atoms with van der Waals surface area (Å²) in [6, 6.07) is 9.56. The number of amides is 1. The summed E-state index contributed by atoms with van der Waals surface area (Å²) < 4.78 is 1.76. The molecular formula is C15H16N4O. The van der Waals surface area contributed by atoms with Gasteiger partial charge in [-0.2, -0.15) is 5.10 Å². The van der Waals surface area contributed by atoms with Crippen LogP contribution in [0, 0.1) is 0 Å². The molecule has 0 radical (unpaired) electrons. The van der Waals surface area contributed by atoms with E-state index >= 15 is 0 Å². The van der Waals surface area contributed by atoms with Gasteiger partial charge in [0, 0.05) is 48.9 Å². The number of rotatable bonds is 4. The van der Waals surface area contributed by atoms with Crippen LogP contribution in [0.4, 0.5) is 0 Å². The molecule has 2 N–H and O–H groups in total. The van der Waals surface area contributed by atoms with Crippen molar-refractivity contribution < 1.29 is 4.79 Å². The number of fused-ring (bicyclic) bond motifs is 1. The molecule has 102 valence electrons. The van der Waals surface area contributed by atoms with Crippen molar-refractivity contribution in [2.24, 2.45) is 7.05 Å². The number of carbonyl (C=O) groups is 1. The van der Waals surface area contributed by atoms with Crippen molar-refractivity contribution in [1.82, 2.24) is 20.1 Å². The molecule has 5 heteroatoms. The number of H-pyrrole nitrogens is 1. The van der Waals surface area contributed by atoms with Gasteiger partial charge in [0.2, 0.25) is 0 Å². The monoisotopic (exact) mass is 268 g/mol. The van der Waals surface area contributed by atoms with Crippen LogP contribution in [0.15, 0.2) is 42.7 Å². The molecule has 3 aromatic rings. The topological polar surface area (TPSA) is 62.7 Å². The van der Waals surface area contributed by atoms with Crippen LogP contribution in [0.1, 0.15) is 16.1 Å². The first-order valence-electron chi connectivity index (χ1n) is 6.57. The molecule has 0 unspecified atom stereocenters. The lowest BCUT2D eigenvalue weighted by Crippen LogP contribution is -2.25. The zero-order chi connectivity index (χ0) is 13.9. The summed E-state index contributed by atoms with van der Waals surface area (Å²) in [4.78, 5) is 15.3. The molecule has 1 aromatic carbocycles. The molecule has 0 aliphatic rings. The van der Waals surface area contributed by atoms with Crippen LogP contribution in [0.25, 0.3) is 10.9 Å². The van der Waals surface area contributed by atoms with Crippen molar-refractivity contribution in [3.8, 4) is 0 Å².